The fraction of sp³-hybridized carbons (Fsp3) is 0.800. The van der Waals surface area contributed by atoms with E-state index < -0.39 is 23.6 Å². The Bertz CT molecular complexity index is 251. The van der Waals surface area contributed by atoms with Gasteiger partial charge in [-0.3, -0.25) is 0 Å². The van der Waals surface area contributed by atoms with Crippen LogP contribution in [-0.2, 0) is 9.53 Å². The molecule has 0 aliphatic rings. The molecule has 0 aromatic rings. The molecular weight excluding hydrogens is 275 g/mol. The average molecular weight is 295 g/mol. The molecule has 0 heterocycles. The van der Waals surface area contributed by atoms with Gasteiger partial charge in [0.2, 0.25) is 0 Å². The Balaban J connectivity index is 4.19. The summed E-state index contributed by atoms with van der Waals surface area (Å²) >= 11 is 0.462. The molecule has 0 saturated carbocycles. The number of hydrogen-bond donors (Lipinski definition) is 2. The van der Waals surface area contributed by atoms with Gasteiger partial charge in [0, 0.05) is 0 Å². The van der Waals surface area contributed by atoms with E-state index in [1.807, 2.05) is 0 Å². The molecule has 0 aliphatic carbocycles. The second kappa shape index (κ2) is 6.76. The van der Waals surface area contributed by atoms with E-state index in [9.17, 15) is 9.59 Å². The van der Waals surface area contributed by atoms with E-state index in [2.05, 4.69) is 11.1 Å². The maximum absolute atomic E-state index is 11.4. The molecular formula is C10H20N2O3Se. The van der Waals surface area contributed by atoms with Crippen LogP contribution in [0.2, 0.25) is 11.1 Å². The van der Waals surface area contributed by atoms with Crippen molar-refractivity contribution in [3.05, 3.63) is 0 Å². The minimum absolute atomic E-state index is 0.462. The van der Waals surface area contributed by atoms with Crippen LogP contribution in [0.15, 0.2) is 0 Å². The topological polar surface area (TPSA) is 81.4 Å². The van der Waals surface area contributed by atoms with Gasteiger partial charge < -0.3 is 0 Å². The molecule has 5 nitrogen and oxygen atoms in total. The molecule has 1 atom stereocenters. The Morgan fingerprint density at radius 2 is 2.00 bits per heavy atom. The quantitative estimate of drug-likeness (QED) is 0.740. The number of hydrogen-bond acceptors (Lipinski definition) is 3. The zero-order valence-corrected chi connectivity index (χ0v) is 11.9. The van der Waals surface area contributed by atoms with Gasteiger partial charge in [-0.05, 0) is 0 Å². The summed E-state index contributed by atoms with van der Waals surface area (Å²) < 4.78 is 5.05. The Hall–Kier alpha value is -0.741. The minimum atomic E-state index is -0.628. The second-order valence-electron chi connectivity index (χ2n) is 4.38. The molecule has 2 amide bonds. The van der Waals surface area contributed by atoms with Crippen LogP contribution in [0.5, 0.6) is 0 Å². The van der Waals surface area contributed by atoms with Gasteiger partial charge in [-0.15, -0.1) is 0 Å². The van der Waals surface area contributed by atoms with Gasteiger partial charge in [-0.1, -0.05) is 0 Å². The molecule has 0 fully saturated rings. The van der Waals surface area contributed by atoms with E-state index in [1.54, 1.807) is 20.8 Å². The van der Waals surface area contributed by atoms with Crippen molar-refractivity contribution in [1.29, 1.82) is 0 Å². The number of carbonyl (C=O) groups is 2. The Morgan fingerprint density at radius 1 is 1.44 bits per heavy atom. The average Bonchev–Trinajstić information content (AvgIpc) is 2.08. The van der Waals surface area contributed by atoms with Crippen molar-refractivity contribution < 1.29 is 14.3 Å². The van der Waals surface area contributed by atoms with Crippen LogP contribution in [0.1, 0.15) is 27.2 Å². The first-order valence-corrected chi connectivity index (χ1v) is 7.96. The summed E-state index contributed by atoms with van der Waals surface area (Å²) in [6, 6.07) is -0.628. The molecule has 6 heteroatoms. The van der Waals surface area contributed by atoms with Gasteiger partial charge in [0.05, 0.1) is 0 Å². The van der Waals surface area contributed by atoms with E-state index in [1.165, 1.54) is 0 Å². The zero-order valence-electron chi connectivity index (χ0n) is 10.2. The van der Waals surface area contributed by atoms with Gasteiger partial charge in [-0.25, -0.2) is 0 Å². The predicted octanol–water partition coefficient (Wildman–Crippen LogP) is 0.926. The third-order valence-corrected chi connectivity index (χ3v) is 3.00. The number of nitrogens with two attached hydrogens (primary N) is 1. The molecule has 3 N–H and O–H groups in total. The van der Waals surface area contributed by atoms with E-state index in [0.29, 0.717) is 21.4 Å². The van der Waals surface area contributed by atoms with Crippen molar-refractivity contribution in [2.75, 3.05) is 0 Å². The van der Waals surface area contributed by atoms with E-state index in [0.717, 1.165) is 5.32 Å². The van der Waals surface area contributed by atoms with E-state index in [-0.39, 0.29) is 0 Å². The molecule has 16 heavy (non-hydrogen) atoms. The number of carbonyl (C=O) groups excluding carboxylic acids is 2. The molecule has 94 valence electrons. The van der Waals surface area contributed by atoms with Crippen molar-refractivity contribution in [2.45, 2.75) is 50.0 Å². The standard InChI is InChI=1S/C10H20N2O3Se/c1-10(2,3)15-9(14)12-7(8(11)13)5-6-16-4/h7H,5-6H2,1-4H3,(H2,11,13)(H,12,14)/t7-/m0/s1. The van der Waals surface area contributed by atoms with Crippen LogP contribution in [0.4, 0.5) is 4.79 Å². The summed E-state index contributed by atoms with van der Waals surface area (Å²) in [5.41, 5.74) is 4.62. The molecule has 0 saturated heterocycles. The molecule has 0 spiro atoms. The summed E-state index contributed by atoms with van der Waals surface area (Å²) in [5.74, 6) is 1.55. The fourth-order valence-electron chi connectivity index (χ4n) is 0.971. The van der Waals surface area contributed by atoms with Crippen LogP contribution in [0.25, 0.3) is 0 Å². The predicted molar refractivity (Wildman–Crippen MR) is 63.4 cm³/mol. The van der Waals surface area contributed by atoms with Crippen LogP contribution in [-0.4, -0.2) is 38.6 Å². The van der Waals surface area contributed by atoms with Crippen molar-refractivity contribution in [3.63, 3.8) is 0 Å². The maximum atomic E-state index is 11.4. The van der Waals surface area contributed by atoms with Gasteiger partial charge in [0.15, 0.2) is 0 Å². The van der Waals surface area contributed by atoms with E-state index in [4.69, 9.17) is 10.5 Å². The van der Waals surface area contributed by atoms with Crippen molar-refractivity contribution in [1.82, 2.24) is 5.32 Å². The van der Waals surface area contributed by atoms with Crippen LogP contribution < -0.4 is 11.1 Å². The van der Waals surface area contributed by atoms with Crippen molar-refractivity contribution >= 4 is 27.0 Å². The number of nitrogens with one attached hydrogen (secondary N) is 1. The zero-order chi connectivity index (χ0) is 12.8. The van der Waals surface area contributed by atoms with E-state index >= 15 is 0 Å². The SMILES string of the molecule is C[Se]CC[C@H](NC(=O)OC(C)(C)C)C(N)=O. The summed E-state index contributed by atoms with van der Waals surface area (Å²) in [6.07, 6.45) is -0.0228. The van der Waals surface area contributed by atoms with Gasteiger partial charge in [0.1, 0.15) is 0 Å². The third kappa shape index (κ3) is 7.54. The fourth-order valence-corrected chi connectivity index (χ4v) is 1.96. The van der Waals surface area contributed by atoms with Crippen LogP contribution >= 0.6 is 0 Å². The molecule has 0 aromatic heterocycles. The Morgan fingerprint density at radius 3 is 2.38 bits per heavy atom. The van der Waals surface area contributed by atoms with Crippen LogP contribution in [0.3, 0.4) is 0 Å². The first-order valence-electron chi connectivity index (χ1n) is 5.04. The number of primary amides is 1. The molecule has 0 rings (SSSR count). The number of ether oxygens (including phenoxy) is 1. The normalized spacial score (nSPS) is 13.0. The molecule has 0 unspecified atom stereocenters. The summed E-state index contributed by atoms with van der Waals surface area (Å²) in [5, 5.41) is 3.38. The molecule has 0 bridgehead atoms. The van der Waals surface area contributed by atoms with Crippen LogP contribution in [0, 0.1) is 0 Å². The number of amides is 2. The number of rotatable bonds is 5. The summed E-state index contributed by atoms with van der Waals surface area (Å²) in [7, 11) is 0. The Kier molecular flexibility index (Phi) is 6.45. The molecule has 0 aliphatic heterocycles. The first kappa shape index (κ1) is 15.3. The number of alkyl carbamates (subject to hydrolysis) is 1. The summed E-state index contributed by atoms with van der Waals surface area (Å²) in [6.45, 7) is 5.29. The van der Waals surface area contributed by atoms with Crippen molar-refractivity contribution in [2.24, 2.45) is 5.73 Å². The second-order valence-corrected chi connectivity index (χ2v) is 6.45. The Labute approximate surface area is 103 Å². The summed E-state index contributed by atoms with van der Waals surface area (Å²) in [4.78, 5) is 22.5. The third-order valence-electron chi connectivity index (χ3n) is 1.65. The molecule has 0 aromatic carbocycles. The van der Waals surface area contributed by atoms with Gasteiger partial charge >= 0.3 is 102 Å². The monoisotopic (exact) mass is 296 g/mol. The van der Waals surface area contributed by atoms with Gasteiger partial charge in [-0.2, -0.15) is 0 Å². The molecule has 0 radical (unpaired) electrons. The first-order chi connectivity index (χ1) is 7.26. The van der Waals surface area contributed by atoms with Gasteiger partial charge in [0.25, 0.3) is 0 Å². The van der Waals surface area contributed by atoms with Crippen molar-refractivity contribution in [3.8, 4) is 0 Å².